The first-order valence-electron chi connectivity index (χ1n) is 5.99. The molecule has 19 heavy (non-hydrogen) atoms. The molecule has 2 aromatic rings. The fourth-order valence-corrected chi connectivity index (χ4v) is 2.48. The minimum atomic E-state index is -0.255. The highest BCUT2D eigenvalue weighted by atomic mass is 32.2. The van der Waals surface area contributed by atoms with E-state index >= 15 is 0 Å². The summed E-state index contributed by atoms with van der Waals surface area (Å²) < 4.78 is 6.91. The van der Waals surface area contributed by atoms with Gasteiger partial charge in [0.25, 0.3) is 5.78 Å². The number of esters is 1. The fraction of sp³-hybridized carbons (Fsp3) is 0.500. The summed E-state index contributed by atoms with van der Waals surface area (Å²) in [4.78, 5) is 15.8. The molecule has 0 aliphatic rings. The van der Waals surface area contributed by atoms with Crippen molar-refractivity contribution in [2.45, 2.75) is 39.0 Å². The van der Waals surface area contributed by atoms with Crippen LogP contribution in [0.25, 0.3) is 5.78 Å². The summed E-state index contributed by atoms with van der Waals surface area (Å²) in [6.45, 7) is 7.52. The topological polar surface area (TPSA) is 69.4 Å². The van der Waals surface area contributed by atoms with Gasteiger partial charge in [0, 0.05) is 11.4 Å². The van der Waals surface area contributed by atoms with Gasteiger partial charge in [-0.3, -0.25) is 9.20 Å². The van der Waals surface area contributed by atoms with E-state index in [1.165, 1.54) is 11.8 Å². The van der Waals surface area contributed by atoms with E-state index in [2.05, 4.69) is 15.2 Å². The highest BCUT2D eigenvalue weighted by molar-refractivity contribution is 7.99. The minimum Gasteiger partial charge on any atom is -0.462 e. The van der Waals surface area contributed by atoms with Gasteiger partial charge in [0.2, 0.25) is 0 Å². The number of rotatable bonds is 4. The Hall–Kier alpha value is -1.63. The Labute approximate surface area is 115 Å². The zero-order valence-corrected chi connectivity index (χ0v) is 12.2. The molecule has 0 spiro atoms. The first-order chi connectivity index (χ1) is 8.97. The van der Waals surface area contributed by atoms with E-state index < -0.39 is 0 Å². The molecule has 0 bridgehead atoms. The van der Waals surface area contributed by atoms with E-state index in [9.17, 15) is 4.79 Å². The molecule has 0 amide bonds. The SMILES string of the molecule is Cc1cc(C)n2c(SCC(=O)OC(C)C)nnc2n1. The van der Waals surface area contributed by atoms with Crippen LogP contribution in [0.2, 0.25) is 0 Å². The van der Waals surface area contributed by atoms with Crippen LogP contribution in [0.3, 0.4) is 0 Å². The lowest BCUT2D eigenvalue weighted by atomic mass is 10.3. The first kappa shape index (κ1) is 13.8. The van der Waals surface area contributed by atoms with Crippen LogP contribution in [0.1, 0.15) is 25.2 Å². The van der Waals surface area contributed by atoms with E-state index in [0.29, 0.717) is 10.9 Å². The fourth-order valence-electron chi connectivity index (χ4n) is 1.71. The van der Waals surface area contributed by atoms with Crippen molar-refractivity contribution in [1.29, 1.82) is 0 Å². The third-order valence-electron chi connectivity index (χ3n) is 2.35. The largest absolute Gasteiger partial charge is 0.462 e. The average molecular weight is 280 g/mol. The zero-order chi connectivity index (χ0) is 14.0. The van der Waals surface area contributed by atoms with Gasteiger partial charge in [0.15, 0.2) is 5.16 Å². The second-order valence-corrected chi connectivity index (χ2v) is 5.43. The third kappa shape index (κ3) is 3.23. The third-order valence-corrected chi connectivity index (χ3v) is 3.25. The molecule has 0 aliphatic carbocycles. The minimum absolute atomic E-state index is 0.103. The number of hydrogen-bond acceptors (Lipinski definition) is 6. The smallest absolute Gasteiger partial charge is 0.316 e. The molecule has 0 N–H and O–H groups in total. The van der Waals surface area contributed by atoms with Crippen molar-refractivity contribution in [2.24, 2.45) is 0 Å². The number of carbonyl (C=O) groups is 1. The number of aryl methyl sites for hydroxylation is 2. The maximum absolute atomic E-state index is 11.5. The molecule has 2 heterocycles. The Morgan fingerprint density at radius 2 is 2.16 bits per heavy atom. The second-order valence-electron chi connectivity index (χ2n) is 4.48. The quantitative estimate of drug-likeness (QED) is 0.628. The van der Waals surface area contributed by atoms with Gasteiger partial charge in [-0.15, -0.1) is 10.2 Å². The monoisotopic (exact) mass is 280 g/mol. The molecule has 6 nitrogen and oxygen atoms in total. The van der Waals surface area contributed by atoms with E-state index in [-0.39, 0.29) is 17.8 Å². The van der Waals surface area contributed by atoms with Crippen molar-refractivity contribution in [2.75, 3.05) is 5.75 Å². The Kier molecular flexibility index (Phi) is 4.04. The molecular formula is C12H16N4O2S. The molecule has 7 heteroatoms. The van der Waals surface area contributed by atoms with Crippen LogP contribution in [0.4, 0.5) is 0 Å². The Morgan fingerprint density at radius 3 is 2.84 bits per heavy atom. The summed E-state index contributed by atoms with van der Waals surface area (Å²) in [5.74, 6) is 0.512. The van der Waals surface area contributed by atoms with Crippen molar-refractivity contribution >= 4 is 23.5 Å². The maximum atomic E-state index is 11.5. The normalized spacial score (nSPS) is 11.2. The number of nitrogens with zero attached hydrogens (tertiary/aromatic N) is 4. The number of aromatic nitrogens is 4. The van der Waals surface area contributed by atoms with Gasteiger partial charge in [-0.1, -0.05) is 11.8 Å². The van der Waals surface area contributed by atoms with Gasteiger partial charge in [0.1, 0.15) is 0 Å². The standard InChI is InChI=1S/C12H16N4O2S/c1-7(2)18-10(17)6-19-12-15-14-11-13-8(3)5-9(4)16(11)12/h5,7H,6H2,1-4H3. The summed E-state index contributed by atoms with van der Waals surface area (Å²) in [5.41, 5.74) is 1.89. The Bertz CT molecular complexity index is 609. The lowest BCUT2D eigenvalue weighted by molar-refractivity contribution is -0.144. The molecule has 2 rings (SSSR count). The van der Waals surface area contributed by atoms with E-state index in [0.717, 1.165) is 11.4 Å². The molecule has 0 saturated carbocycles. The van der Waals surface area contributed by atoms with Crippen molar-refractivity contribution in [3.8, 4) is 0 Å². The van der Waals surface area contributed by atoms with Gasteiger partial charge in [0.05, 0.1) is 11.9 Å². The predicted octanol–water partition coefficient (Wildman–Crippen LogP) is 1.78. The Balaban J connectivity index is 2.16. The highest BCUT2D eigenvalue weighted by Gasteiger charge is 2.13. The number of ether oxygens (including phenoxy) is 1. The van der Waals surface area contributed by atoms with Gasteiger partial charge in [-0.2, -0.15) is 0 Å². The van der Waals surface area contributed by atoms with Crippen LogP contribution >= 0.6 is 11.8 Å². The van der Waals surface area contributed by atoms with E-state index in [4.69, 9.17) is 4.74 Å². The van der Waals surface area contributed by atoms with E-state index in [1.807, 2.05) is 38.2 Å². The Morgan fingerprint density at radius 1 is 1.42 bits per heavy atom. The molecule has 102 valence electrons. The van der Waals surface area contributed by atoms with Crippen LogP contribution < -0.4 is 0 Å². The molecule has 0 radical (unpaired) electrons. The van der Waals surface area contributed by atoms with Crippen molar-refractivity contribution in [3.63, 3.8) is 0 Å². The number of fused-ring (bicyclic) bond motifs is 1. The van der Waals surface area contributed by atoms with Gasteiger partial charge >= 0.3 is 5.97 Å². The molecule has 0 unspecified atom stereocenters. The molecular weight excluding hydrogens is 264 g/mol. The highest BCUT2D eigenvalue weighted by Crippen LogP contribution is 2.18. The van der Waals surface area contributed by atoms with Crippen LogP contribution in [0.15, 0.2) is 11.2 Å². The lowest BCUT2D eigenvalue weighted by Gasteiger charge is -2.07. The van der Waals surface area contributed by atoms with Crippen LogP contribution in [0, 0.1) is 13.8 Å². The summed E-state index contributed by atoms with van der Waals surface area (Å²) >= 11 is 1.30. The van der Waals surface area contributed by atoms with Crippen LogP contribution in [-0.4, -0.2) is 37.4 Å². The first-order valence-corrected chi connectivity index (χ1v) is 6.97. The number of hydrogen-bond donors (Lipinski definition) is 0. The summed E-state index contributed by atoms with van der Waals surface area (Å²) in [6.07, 6.45) is -0.103. The summed E-state index contributed by atoms with van der Waals surface area (Å²) in [7, 11) is 0. The zero-order valence-electron chi connectivity index (χ0n) is 11.4. The number of thioether (sulfide) groups is 1. The van der Waals surface area contributed by atoms with Crippen molar-refractivity contribution in [3.05, 3.63) is 17.5 Å². The molecule has 0 saturated heterocycles. The van der Waals surface area contributed by atoms with Crippen molar-refractivity contribution < 1.29 is 9.53 Å². The van der Waals surface area contributed by atoms with Gasteiger partial charge in [-0.05, 0) is 33.8 Å². The second kappa shape index (κ2) is 5.56. The van der Waals surface area contributed by atoms with Crippen LogP contribution in [0.5, 0.6) is 0 Å². The lowest BCUT2D eigenvalue weighted by Crippen LogP contribution is -2.13. The molecule has 0 aromatic carbocycles. The molecule has 2 aromatic heterocycles. The summed E-state index contributed by atoms with van der Waals surface area (Å²) in [5, 5.41) is 8.72. The van der Waals surface area contributed by atoms with Gasteiger partial charge < -0.3 is 4.74 Å². The maximum Gasteiger partial charge on any atom is 0.316 e. The molecule has 0 fully saturated rings. The van der Waals surface area contributed by atoms with Crippen molar-refractivity contribution in [1.82, 2.24) is 19.6 Å². The van der Waals surface area contributed by atoms with Gasteiger partial charge in [-0.25, -0.2) is 4.98 Å². The number of carbonyl (C=O) groups excluding carboxylic acids is 1. The molecule has 0 atom stereocenters. The average Bonchev–Trinajstić information content (AvgIpc) is 2.68. The summed E-state index contributed by atoms with van der Waals surface area (Å²) in [6, 6.07) is 1.95. The van der Waals surface area contributed by atoms with Crippen LogP contribution in [-0.2, 0) is 9.53 Å². The van der Waals surface area contributed by atoms with E-state index in [1.54, 1.807) is 0 Å². The predicted molar refractivity (Wildman–Crippen MR) is 72.2 cm³/mol. The molecule has 0 aliphatic heterocycles.